The molecule has 0 radical (unpaired) electrons. The Bertz CT molecular complexity index is 849. The topological polar surface area (TPSA) is 54.5 Å². The van der Waals surface area contributed by atoms with Crippen LogP contribution in [0, 0.1) is 0 Å². The van der Waals surface area contributed by atoms with Crippen LogP contribution in [-0.2, 0) is 41.9 Å². The number of benzene rings is 1. The summed E-state index contributed by atoms with van der Waals surface area (Å²) in [5, 5.41) is 4.30. The molecule has 1 aromatic carbocycles. The Labute approximate surface area is 170 Å². The van der Waals surface area contributed by atoms with E-state index >= 15 is 0 Å². The van der Waals surface area contributed by atoms with Crippen LogP contribution in [0.25, 0.3) is 0 Å². The molecule has 1 unspecified atom stereocenters. The summed E-state index contributed by atoms with van der Waals surface area (Å²) in [6.07, 6.45) is 7.52. The molecule has 1 saturated heterocycles. The number of ether oxygens (including phenoxy) is 1. The fourth-order valence-electron chi connectivity index (χ4n) is 4.50. The fraction of sp³-hybridized carbons (Fsp3) is 0.545. The highest BCUT2D eigenvalue weighted by molar-refractivity contribution is 7.11. The van der Waals surface area contributed by atoms with E-state index in [9.17, 15) is 4.79 Å². The summed E-state index contributed by atoms with van der Waals surface area (Å²) in [5.74, 6) is -0.0153. The Morgan fingerprint density at radius 3 is 3.00 bits per heavy atom. The van der Waals surface area contributed by atoms with E-state index < -0.39 is 0 Å². The molecule has 1 aromatic heterocycles. The minimum absolute atomic E-state index is 0.0153. The van der Waals surface area contributed by atoms with Crippen molar-refractivity contribution in [2.24, 2.45) is 0 Å². The van der Waals surface area contributed by atoms with Crippen molar-refractivity contribution in [3.63, 3.8) is 0 Å². The maximum absolute atomic E-state index is 12.3. The fourth-order valence-corrected chi connectivity index (χ4v) is 5.70. The molecule has 148 valence electrons. The first-order valence-electron chi connectivity index (χ1n) is 10.5. The van der Waals surface area contributed by atoms with Crippen LogP contribution in [0.1, 0.15) is 52.4 Å². The Morgan fingerprint density at radius 2 is 2.14 bits per heavy atom. The quantitative estimate of drug-likeness (QED) is 0.855. The summed E-state index contributed by atoms with van der Waals surface area (Å²) in [6, 6.07) is 6.33. The molecule has 0 spiro atoms. The van der Waals surface area contributed by atoms with E-state index in [1.807, 2.05) is 17.4 Å². The molecule has 1 fully saturated rings. The lowest BCUT2D eigenvalue weighted by Crippen LogP contribution is -2.30. The number of aryl methyl sites for hydroxylation is 2. The van der Waals surface area contributed by atoms with E-state index in [0.717, 1.165) is 51.0 Å². The first-order chi connectivity index (χ1) is 13.7. The molecule has 6 heteroatoms. The molecular formula is C22H27N3O2S. The maximum atomic E-state index is 12.3. The van der Waals surface area contributed by atoms with E-state index in [-0.39, 0.29) is 12.0 Å². The Balaban J connectivity index is 1.25. The number of amides is 1. The summed E-state index contributed by atoms with van der Waals surface area (Å²) in [4.78, 5) is 21.2. The molecule has 28 heavy (non-hydrogen) atoms. The van der Waals surface area contributed by atoms with E-state index in [1.165, 1.54) is 46.0 Å². The van der Waals surface area contributed by atoms with Crippen molar-refractivity contribution in [2.45, 2.75) is 64.1 Å². The van der Waals surface area contributed by atoms with Crippen molar-refractivity contribution in [2.75, 3.05) is 18.5 Å². The van der Waals surface area contributed by atoms with E-state index in [4.69, 9.17) is 9.72 Å². The van der Waals surface area contributed by atoms with Crippen LogP contribution >= 0.6 is 11.3 Å². The molecular weight excluding hydrogens is 370 g/mol. The molecule has 1 N–H and O–H groups in total. The molecule has 0 saturated carbocycles. The molecule has 3 heterocycles. The molecule has 1 atom stereocenters. The van der Waals surface area contributed by atoms with Gasteiger partial charge < -0.3 is 10.1 Å². The number of nitrogens with one attached hydrogen (secondary N) is 1. The zero-order valence-corrected chi connectivity index (χ0v) is 17.0. The smallest absolute Gasteiger partial charge is 0.253 e. The average molecular weight is 398 g/mol. The van der Waals surface area contributed by atoms with Gasteiger partial charge in [0, 0.05) is 30.3 Å². The molecule has 5 nitrogen and oxygen atoms in total. The maximum Gasteiger partial charge on any atom is 0.253 e. The van der Waals surface area contributed by atoms with E-state index in [1.54, 1.807) is 0 Å². The minimum atomic E-state index is -0.288. The van der Waals surface area contributed by atoms with Crippen molar-refractivity contribution in [3.05, 3.63) is 44.9 Å². The van der Waals surface area contributed by atoms with Crippen molar-refractivity contribution in [3.8, 4) is 0 Å². The van der Waals surface area contributed by atoms with Crippen molar-refractivity contribution in [1.82, 2.24) is 9.88 Å². The number of carbonyl (C=O) groups is 1. The highest BCUT2D eigenvalue weighted by Gasteiger charge is 2.24. The van der Waals surface area contributed by atoms with Crippen LogP contribution in [0.2, 0.25) is 0 Å². The number of hydrogen-bond donors (Lipinski definition) is 1. The van der Waals surface area contributed by atoms with Crippen LogP contribution < -0.4 is 5.32 Å². The Kier molecular flexibility index (Phi) is 5.18. The van der Waals surface area contributed by atoms with Crippen molar-refractivity contribution >= 4 is 22.9 Å². The molecule has 5 rings (SSSR count). The lowest BCUT2D eigenvalue weighted by molar-refractivity contribution is -0.124. The van der Waals surface area contributed by atoms with Gasteiger partial charge in [-0.2, -0.15) is 0 Å². The molecule has 3 aliphatic rings. The zero-order chi connectivity index (χ0) is 18.9. The van der Waals surface area contributed by atoms with Crippen LogP contribution in [0.5, 0.6) is 0 Å². The number of carbonyl (C=O) groups excluding carboxylic acids is 1. The minimum Gasteiger partial charge on any atom is -0.368 e. The largest absolute Gasteiger partial charge is 0.368 e. The molecule has 0 bridgehead atoms. The average Bonchev–Trinajstić information content (AvgIpc) is 3.37. The second kappa shape index (κ2) is 7.93. The molecule has 2 aromatic rings. The predicted molar refractivity (Wildman–Crippen MR) is 111 cm³/mol. The molecule has 1 aliphatic carbocycles. The third kappa shape index (κ3) is 3.86. The summed E-state index contributed by atoms with van der Waals surface area (Å²) >= 11 is 1.91. The van der Waals surface area contributed by atoms with Crippen LogP contribution in [0.3, 0.4) is 0 Å². The van der Waals surface area contributed by atoms with Gasteiger partial charge in [0.05, 0.1) is 12.2 Å². The Morgan fingerprint density at radius 1 is 1.21 bits per heavy atom. The summed E-state index contributed by atoms with van der Waals surface area (Å²) < 4.78 is 5.49. The number of hydrogen-bond acceptors (Lipinski definition) is 5. The van der Waals surface area contributed by atoms with Gasteiger partial charge in [-0.25, -0.2) is 4.98 Å². The van der Waals surface area contributed by atoms with Crippen LogP contribution in [0.15, 0.2) is 18.2 Å². The van der Waals surface area contributed by atoms with Crippen LogP contribution in [0.4, 0.5) is 5.69 Å². The van der Waals surface area contributed by atoms with Crippen LogP contribution in [-0.4, -0.2) is 35.0 Å². The second-order valence-electron chi connectivity index (χ2n) is 8.12. The van der Waals surface area contributed by atoms with Crippen molar-refractivity contribution in [1.29, 1.82) is 0 Å². The van der Waals surface area contributed by atoms with E-state index in [0.29, 0.717) is 6.61 Å². The number of thiazole rings is 1. The third-order valence-electron chi connectivity index (χ3n) is 6.04. The molecule has 2 aliphatic heterocycles. The van der Waals surface area contributed by atoms with Gasteiger partial charge in [-0.05, 0) is 68.2 Å². The van der Waals surface area contributed by atoms with E-state index in [2.05, 4.69) is 22.3 Å². The first-order valence-corrected chi connectivity index (χ1v) is 11.3. The Hall–Kier alpha value is -1.76. The number of fused-ring (bicyclic) bond motifs is 2. The van der Waals surface area contributed by atoms with Crippen molar-refractivity contribution < 1.29 is 9.53 Å². The summed E-state index contributed by atoms with van der Waals surface area (Å²) in [6.45, 7) is 3.61. The lowest BCUT2D eigenvalue weighted by atomic mass is 9.99. The van der Waals surface area contributed by atoms with Gasteiger partial charge in [0.15, 0.2) is 0 Å². The van der Waals surface area contributed by atoms with Gasteiger partial charge in [-0.3, -0.25) is 9.69 Å². The number of aromatic nitrogens is 1. The van der Waals surface area contributed by atoms with Gasteiger partial charge in [-0.15, -0.1) is 11.3 Å². The monoisotopic (exact) mass is 397 g/mol. The highest BCUT2D eigenvalue weighted by Crippen LogP contribution is 2.29. The summed E-state index contributed by atoms with van der Waals surface area (Å²) in [7, 11) is 0. The standard InChI is InChI=1S/C22H27N3O2S/c26-22(19-5-3-11-27-19)23-17-8-7-15-9-10-25(13-16(15)12-17)14-21-24-18-4-1-2-6-20(18)28-21/h7-8,12,19H,1-6,9-11,13-14H2,(H,23,26). The van der Waals surface area contributed by atoms with Gasteiger partial charge in [-0.1, -0.05) is 6.07 Å². The second-order valence-corrected chi connectivity index (χ2v) is 9.29. The summed E-state index contributed by atoms with van der Waals surface area (Å²) in [5.41, 5.74) is 4.94. The molecule has 1 amide bonds. The van der Waals surface area contributed by atoms with Gasteiger partial charge in [0.25, 0.3) is 5.91 Å². The third-order valence-corrected chi connectivity index (χ3v) is 7.18. The number of nitrogens with zero attached hydrogens (tertiary/aromatic N) is 2. The normalized spacial score (nSPS) is 21.9. The van der Waals surface area contributed by atoms with Gasteiger partial charge >= 0.3 is 0 Å². The van der Waals surface area contributed by atoms with Gasteiger partial charge in [0.1, 0.15) is 11.1 Å². The SMILES string of the molecule is O=C(Nc1ccc2c(c1)CN(Cc1nc3c(s1)CCCC3)CC2)C1CCCO1. The zero-order valence-electron chi connectivity index (χ0n) is 16.2. The highest BCUT2D eigenvalue weighted by atomic mass is 32.1. The predicted octanol–water partition coefficient (Wildman–Crippen LogP) is 3.70. The van der Waals surface area contributed by atoms with Gasteiger partial charge in [0.2, 0.25) is 0 Å². The number of rotatable bonds is 4. The first kappa shape index (κ1) is 18.3. The number of anilines is 1. The lowest BCUT2D eigenvalue weighted by Gasteiger charge is -2.28.